The molecule has 2 aromatic rings. The molecule has 0 spiro atoms. The van der Waals surface area contributed by atoms with Crippen LogP contribution in [0.5, 0.6) is 0 Å². The van der Waals surface area contributed by atoms with E-state index in [1.807, 2.05) is 18.5 Å². The molecule has 0 bridgehead atoms. The Morgan fingerprint density at radius 1 is 1.28 bits per heavy atom. The van der Waals surface area contributed by atoms with Crippen LogP contribution in [0.4, 0.5) is 0 Å². The van der Waals surface area contributed by atoms with E-state index < -0.39 is 0 Å². The van der Waals surface area contributed by atoms with Gasteiger partial charge >= 0.3 is 0 Å². The van der Waals surface area contributed by atoms with Gasteiger partial charge in [0.1, 0.15) is 16.9 Å². The van der Waals surface area contributed by atoms with Crippen molar-refractivity contribution in [3.63, 3.8) is 0 Å². The van der Waals surface area contributed by atoms with E-state index in [2.05, 4.69) is 22.0 Å². The molecular weight excluding hydrogens is 252 g/mol. The highest BCUT2D eigenvalue weighted by atomic mass is 35.5. The minimum absolute atomic E-state index is 0.459. The van der Waals surface area contributed by atoms with Gasteiger partial charge in [0.2, 0.25) is 0 Å². The first-order valence-electron chi connectivity index (χ1n) is 6.14. The second-order valence-corrected chi connectivity index (χ2v) is 4.34. The highest BCUT2D eigenvalue weighted by molar-refractivity contribution is 6.33. The zero-order valence-electron chi connectivity index (χ0n) is 10.9. The molecule has 0 N–H and O–H groups in total. The average Bonchev–Trinajstić information content (AvgIpc) is 2.67. The molecule has 18 heavy (non-hydrogen) atoms. The van der Waals surface area contributed by atoms with Crippen LogP contribution in [-0.2, 0) is 17.7 Å². The Balaban J connectivity index is 2.46. The molecule has 0 amide bonds. The van der Waals surface area contributed by atoms with Crippen LogP contribution in [0.25, 0.3) is 11.0 Å². The normalized spacial score (nSPS) is 11.3. The van der Waals surface area contributed by atoms with Crippen molar-refractivity contribution in [3.8, 4) is 0 Å². The second-order valence-electron chi connectivity index (χ2n) is 3.98. The largest absolute Gasteiger partial charge is 0.380 e. The molecule has 2 heterocycles. The van der Waals surface area contributed by atoms with E-state index in [1.165, 1.54) is 0 Å². The van der Waals surface area contributed by atoms with Crippen LogP contribution >= 0.6 is 11.6 Å². The van der Waals surface area contributed by atoms with Crippen LogP contribution in [0.3, 0.4) is 0 Å². The highest BCUT2D eigenvalue weighted by Gasteiger charge is 2.15. The third kappa shape index (κ3) is 2.47. The van der Waals surface area contributed by atoms with Gasteiger partial charge in [-0.05, 0) is 20.3 Å². The van der Waals surface area contributed by atoms with Gasteiger partial charge in [-0.2, -0.15) is 5.10 Å². The molecular formula is C12H17ClN4O. The Labute approximate surface area is 111 Å². The van der Waals surface area contributed by atoms with Crippen LogP contribution in [0.1, 0.15) is 25.4 Å². The standard InChI is InChI=1S/C12H17ClN4O/c1-4-9-10-11(12(13)15-8(3)14-10)17(16-9)6-7-18-5-2/h4-7H2,1-3H3. The number of rotatable bonds is 5. The van der Waals surface area contributed by atoms with Gasteiger partial charge in [0, 0.05) is 6.61 Å². The van der Waals surface area contributed by atoms with Gasteiger partial charge in [-0.25, -0.2) is 9.97 Å². The summed E-state index contributed by atoms with van der Waals surface area (Å²) in [5.41, 5.74) is 2.61. The predicted octanol–water partition coefficient (Wildman–Crippen LogP) is 2.39. The molecule has 6 heteroatoms. The first-order valence-corrected chi connectivity index (χ1v) is 6.52. The molecule has 0 fully saturated rings. The van der Waals surface area contributed by atoms with Crippen LogP contribution in [0, 0.1) is 6.92 Å². The van der Waals surface area contributed by atoms with E-state index in [-0.39, 0.29) is 0 Å². The van der Waals surface area contributed by atoms with E-state index in [9.17, 15) is 0 Å². The minimum atomic E-state index is 0.459. The fraction of sp³-hybridized carbons (Fsp3) is 0.583. The fourth-order valence-electron chi connectivity index (χ4n) is 1.90. The van der Waals surface area contributed by atoms with Gasteiger partial charge in [-0.15, -0.1) is 0 Å². The summed E-state index contributed by atoms with van der Waals surface area (Å²) in [5, 5.41) is 4.99. The lowest BCUT2D eigenvalue weighted by Crippen LogP contribution is -2.08. The molecule has 5 nitrogen and oxygen atoms in total. The summed E-state index contributed by atoms with van der Waals surface area (Å²) in [6.45, 7) is 7.83. The predicted molar refractivity (Wildman–Crippen MR) is 70.9 cm³/mol. The number of aryl methyl sites for hydroxylation is 2. The van der Waals surface area contributed by atoms with Crippen molar-refractivity contribution in [2.24, 2.45) is 0 Å². The topological polar surface area (TPSA) is 52.8 Å². The summed E-state index contributed by atoms with van der Waals surface area (Å²) >= 11 is 6.20. The summed E-state index contributed by atoms with van der Waals surface area (Å²) in [6.07, 6.45) is 0.824. The van der Waals surface area contributed by atoms with Crippen molar-refractivity contribution in [3.05, 3.63) is 16.7 Å². The maximum atomic E-state index is 6.20. The van der Waals surface area contributed by atoms with E-state index in [0.717, 1.165) is 23.1 Å². The molecule has 0 atom stereocenters. The summed E-state index contributed by atoms with van der Waals surface area (Å²) in [5.74, 6) is 0.673. The zero-order valence-corrected chi connectivity index (χ0v) is 11.7. The van der Waals surface area contributed by atoms with E-state index in [4.69, 9.17) is 16.3 Å². The van der Waals surface area contributed by atoms with Crippen molar-refractivity contribution < 1.29 is 4.74 Å². The van der Waals surface area contributed by atoms with E-state index in [0.29, 0.717) is 30.7 Å². The Kier molecular flexibility index (Phi) is 4.14. The third-order valence-electron chi connectivity index (χ3n) is 2.71. The van der Waals surface area contributed by atoms with E-state index in [1.54, 1.807) is 0 Å². The maximum Gasteiger partial charge on any atom is 0.158 e. The van der Waals surface area contributed by atoms with Gasteiger partial charge in [0.25, 0.3) is 0 Å². The second kappa shape index (κ2) is 5.63. The first kappa shape index (κ1) is 13.2. The summed E-state index contributed by atoms with van der Waals surface area (Å²) in [7, 11) is 0. The molecule has 0 unspecified atom stereocenters. The van der Waals surface area contributed by atoms with Crippen molar-refractivity contribution in [1.29, 1.82) is 0 Å². The van der Waals surface area contributed by atoms with Crippen molar-refractivity contribution in [2.75, 3.05) is 13.2 Å². The van der Waals surface area contributed by atoms with Crippen LogP contribution in [-0.4, -0.2) is 33.0 Å². The number of ether oxygens (including phenoxy) is 1. The monoisotopic (exact) mass is 268 g/mol. The summed E-state index contributed by atoms with van der Waals surface area (Å²) in [4.78, 5) is 8.63. The summed E-state index contributed by atoms with van der Waals surface area (Å²) in [6, 6.07) is 0. The smallest absolute Gasteiger partial charge is 0.158 e. The Morgan fingerprint density at radius 3 is 2.72 bits per heavy atom. The number of aromatic nitrogens is 4. The number of hydrogen-bond donors (Lipinski definition) is 0. The lowest BCUT2D eigenvalue weighted by Gasteiger charge is -2.04. The SMILES string of the molecule is CCOCCn1nc(CC)c2nc(C)nc(Cl)c21. The molecule has 2 rings (SSSR count). The molecule has 2 aromatic heterocycles. The van der Waals surface area contributed by atoms with Crippen molar-refractivity contribution in [2.45, 2.75) is 33.7 Å². The maximum absolute atomic E-state index is 6.20. The number of halogens is 1. The van der Waals surface area contributed by atoms with Crippen molar-refractivity contribution >= 4 is 22.6 Å². The highest BCUT2D eigenvalue weighted by Crippen LogP contribution is 2.23. The zero-order chi connectivity index (χ0) is 13.1. The van der Waals surface area contributed by atoms with Crippen LogP contribution in [0.2, 0.25) is 5.15 Å². The minimum Gasteiger partial charge on any atom is -0.380 e. The third-order valence-corrected chi connectivity index (χ3v) is 2.98. The number of nitrogens with zero attached hydrogens (tertiary/aromatic N) is 4. The van der Waals surface area contributed by atoms with Gasteiger partial charge in [0.05, 0.1) is 18.8 Å². The van der Waals surface area contributed by atoms with Gasteiger partial charge < -0.3 is 4.74 Å². The fourth-order valence-corrected chi connectivity index (χ4v) is 2.21. The lowest BCUT2D eigenvalue weighted by molar-refractivity contribution is 0.137. The summed E-state index contributed by atoms with van der Waals surface area (Å²) < 4.78 is 7.19. The Hall–Kier alpha value is -1.20. The Bertz CT molecular complexity index is 552. The van der Waals surface area contributed by atoms with Crippen LogP contribution < -0.4 is 0 Å². The van der Waals surface area contributed by atoms with Gasteiger partial charge in [0.15, 0.2) is 5.15 Å². The lowest BCUT2D eigenvalue weighted by atomic mass is 10.3. The number of fused-ring (bicyclic) bond motifs is 1. The molecule has 0 saturated carbocycles. The molecule has 0 saturated heterocycles. The quantitative estimate of drug-likeness (QED) is 0.617. The van der Waals surface area contributed by atoms with E-state index >= 15 is 0 Å². The number of hydrogen-bond acceptors (Lipinski definition) is 4. The molecule has 0 aliphatic rings. The van der Waals surface area contributed by atoms with Crippen LogP contribution in [0.15, 0.2) is 0 Å². The van der Waals surface area contributed by atoms with Gasteiger partial charge in [-0.1, -0.05) is 18.5 Å². The Morgan fingerprint density at radius 2 is 2.06 bits per heavy atom. The van der Waals surface area contributed by atoms with Gasteiger partial charge in [-0.3, -0.25) is 4.68 Å². The average molecular weight is 269 g/mol. The molecule has 0 aliphatic heterocycles. The molecule has 0 aliphatic carbocycles. The molecule has 98 valence electrons. The van der Waals surface area contributed by atoms with Crippen molar-refractivity contribution in [1.82, 2.24) is 19.7 Å². The first-order chi connectivity index (χ1) is 8.67. The molecule has 0 aromatic carbocycles. The molecule has 0 radical (unpaired) electrons.